The third-order valence-electron chi connectivity index (χ3n) is 6.13. The van der Waals surface area contributed by atoms with E-state index >= 15 is 0 Å². The second-order valence-electron chi connectivity index (χ2n) is 9.15. The van der Waals surface area contributed by atoms with Crippen molar-refractivity contribution >= 4 is 33.4 Å². The van der Waals surface area contributed by atoms with Gasteiger partial charge in [-0.1, -0.05) is 84.4 Å². The Kier molecular flexibility index (Phi) is 11.5. The molecule has 3 aromatic carbocycles. The summed E-state index contributed by atoms with van der Waals surface area (Å²) in [4.78, 5) is 28.8. The number of nitrogens with one attached hydrogen (secondary N) is 1. The molecular formula is C29H34ClN3O5S. The molecule has 8 nitrogen and oxygen atoms in total. The van der Waals surface area contributed by atoms with E-state index in [1.54, 1.807) is 36.4 Å². The Balaban J connectivity index is 1.97. The predicted octanol–water partition coefficient (Wildman–Crippen LogP) is 3.50. The lowest BCUT2D eigenvalue weighted by Gasteiger charge is -2.33. The van der Waals surface area contributed by atoms with Gasteiger partial charge in [-0.15, -0.1) is 0 Å². The number of sulfonamides is 1. The van der Waals surface area contributed by atoms with Gasteiger partial charge >= 0.3 is 0 Å². The van der Waals surface area contributed by atoms with E-state index in [9.17, 15) is 18.0 Å². The second kappa shape index (κ2) is 14.8. The van der Waals surface area contributed by atoms with Gasteiger partial charge in [0.15, 0.2) is 0 Å². The molecule has 0 fully saturated rings. The number of rotatable bonds is 14. The van der Waals surface area contributed by atoms with Crippen molar-refractivity contribution in [3.05, 3.63) is 107 Å². The fourth-order valence-electron chi connectivity index (χ4n) is 4.05. The summed E-state index contributed by atoms with van der Waals surface area (Å²) in [5.74, 6) is -0.846. The molecule has 0 spiro atoms. The molecule has 0 bridgehead atoms. The SMILES string of the molecule is COCCNC(=O)[C@H](Cc1ccccc1)N(Cc1ccc(Cl)cc1)C(=O)CN(Cc1ccccc1)S(C)(=O)=O. The summed E-state index contributed by atoms with van der Waals surface area (Å²) in [5, 5.41) is 3.39. The molecule has 0 aliphatic heterocycles. The smallest absolute Gasteiger partial charge is 0.243 e. The van der Waals surface area contributed by atoms with E-state index in [1.165, 1.54) is 12.0 Å². The molecule has 0 radical (unpaired) electrons. The lowest BCUT2D eigenvalue weighted by Crippen LogP contribution is -2.53. The van der Waals surface area contributed by atoms with Crippen LogP contribution < -0.4 is 5.32 Å². The van der Waals surface area contributed by atoms with Crippen LogP contribution in [0, 0.1) is 0 Å². The quantitative estimate of drug-likeness (QED) is 0.299. The molecule has 0 aliphatic carbocycles. The summed E-state index contributed by atoms with van der Waals surface area (Å²) in [5.41, 5.74) is 2.37. The monoisotopic (exact) mass is 571 g/mol. The molecule has 10 heteroatoms. The average Bonchev–Trinajstić information content (AvgIpc) is 2.92. The number of carbonyl (C=O) groups is 2. The maximum atomic E-state index is 13.9. The third-order valence-corrected chi connectivity index (χ3v) is 7.57. The van der Waals surface area contributed by atoms with Gasteiger partial charge in [0.2, 0.25) is 21.8 Å². The van der Waals surface area contributed by atoms with Crippen molar-refractivity contribution in [2.75, 3.05) is 33.1 Å². The molecule has 0 aliphatic rings. The summed E-state index contributed by atoms with van der Waals surface area (Å²) >= 11 is 6.07. The predicted molar refractivity (Wildman–Crippen MR) is 153 cm³/mol. The van der Waals surface area contributed by atoms with Gasteiger partial charge in [0.25, 0.3) is 0 Å². The van der Waals surface area contributed by atoms with Crippen molar-refractivity contribution in [2.24, 2.45) is 0 Å². The van der Waals surface area contributed by atoms with Gasteiger partial charge in [-0.3, -0.25) is 9.59 Å². The number of ether oxygens (including phenoxy) is 1. The molecule has 0 heterocycles. The van der Waals surface area contributed by atoms with Gasteiger partial charge in [0.05, 0.1) is 19.4 Å². The van der Waals surface area contributed by atoms with Crippen LogP contribution in [-0.4, -0.2) is 68.5 Å². The van der Waals surface area contributed by atoms with Gasteiger partial charge in [-0.25, -0.2) is 8.42 Å². The highest BCUT2D eigenvalue weighted by atomic mass is 35.5. The number of amides is 2. The van der Waals surface area contributed by atoms with Gasteiger partial charge in [-0.05, 0) is 28.8 Å². The molecule has 0 saturated heterocycles. The minimum Gasteiger partial charge on any atom is -0.383 e. The first-order valence-electron chi connectivity index (χ1n) is 12.5. The van der Waals surface area contributed by atoms with Crippen LogP contribution in [0.5, 0.6) is 0 Å². The molecule has 39 heavy (non-hydrogen) atoms. The molecule has 208 valence electrons. The van der Waals surface area contributed by atoms with Crippen LogP contribution in [0.2, 0.25) is 5.02 Å². The Morgan fingerprint density at radius 2 is 1.44 bits per heavy atom. The number of hydrogen-bond donors (Lipinski definition) is 1. The normalized spacial score (nSPS) is 12.2. The van der Waals surface area contributed by atoms with Crippen molar-refractivity contribution < 1.29 is 22.7 Å². The zero-order valence-corrected chi connectivity index (χ0v) is 23.7. The number of carbonyl (C=O) groups excluding carboxylic acids is 2. The van der Waals surface area contributed by atoms with Crippen LogP contribution in [0.4, 0.5) is 0 Å². The highest BCUT2D eigenvalue weighted by molar-refractivity contribution is 7.88. The summed E-state index contributed by atoms with van der Waals surface area (Å²) < 4.78 is 31.6. The van der Waals surface area contributed by atoms with Gasteiger partial charge < -0.3 is 15.0 Å². The zero-order chi connectivity index (χ0) is 28.3. The first kappa shape index (κ1) is 30.3. The van der Waals surface area contributed by atoms with E-state index in [4.69, 9.17) is 16.3 Å². The number of hydrogen-bond acceptors (Lipinski definition) is 5. The first-order valence-corrected chi connectivity index (χ1v) is 14.7. The zero-order valence-electron chi connectivity index (χ0n) is 22.1. The topological polar surface area (TPSA) is 96.0 Å². The third kappa shape index (κ3) is 9.78. The van der Waals surface area contributed by atoms with Crippen LogP contribution >= 0.6 is 11.6 Å². The fraction of sp³-hybridized carbons (Fsp3) is 0.310. The molecule has 3 rings (SSSR count). The number of nitrogens with zero attached hydrogens (tertiary/aromatic N) is 2. The largest absolute Gasteiger partial charge is 0.383 e. The van der Waals surface area contributed by atoms with Crippen LogP contribution in [0.15, 0.2) is 84.9 Å². The lowest BCUT2D eigenvalue weighted by atomic mass is 10.0. The van der Waals surface area contributed by atoms with E-state index in [0.717, 1.165) is 27.3 Å². The summed E-state index contributed by atoms with van der Waals surface area (Å²) in [6, 6.07) is 24.5. The van der Waals surface area contributed by atoms with Gasteiger partial charge in [0.1, 0.15) is 6.04 Å². The van der Waals surface area contributed by atoms with Crippen molar-refractivity contribution in [1.29, 1.82) is 0 Å². The van der Waals surface area contributed by atoms with Crippen LogP contribution in [0.1, 0.15) is 16.7 Å². The molecule has 1 atom stereocenters. The minimum atomic E-state index is -3.74. The highest BCUT2D eigenvalue weighted by Gasteiger charge is 2.32. The maximum Gasteiger partial charge on any atom is 0.243 e. The van der Waals surface area contributed by atoms with Crippen molar-refractivity contribution in [3.8, 4) is 0 Å². The molecular weight excluding hydrogens is 538 g/mol. The van der Waals surface area contributed by atoms with Crippen molar-refractivity contribution in [1.82, 2.24) is 14.5 Å². The van der Waals surface area contributed by atoms with Crippen molar-refractivity contribution in [2.45, 2.75) is 25.6 Å². The maximum absolute atomic E-state index is 13.9. The number of benzene rings is 3. The average molecular weight is 572 g/mol. The first-order chi connectivity index (χ1) is 18.7. The Morgan fingerprint density at radius 1 is 0.872 bits per heavy atom. The summed E-state index contributed by atoms with van der Waals surface area (Å²) in [6.45, 7) is 0.288. The standard InChI is InChI=1S/C29H34ClN3O5S/c1-38-18-17-31-29(35)27(19-23-9-5-3-6-10-23)33(21-25-13-15-26(30)16-14-25)28(34)22-32(39(2,36)37)20-24-11-7-4-8-12-24/h3-16,27H,17-22H2,1-2H3,(H,31,35)/t27-/m0/s1. The summed E-state index contributed by atoms with van der Waals surface area (Å²) in [6.07, 6.45) is 1.32. The molecule has 0 saturated carbocycles. The summed E-state index contributed by atoms with van der Waals surface area (Å²) in [7, 11) is -2.20. The molecule has 0 aromatic heterocycles. The van der Waals surface area contributed by atoms with E-state index in [1.807, 2.05) is 48.5 Å². The Hall–Kier alpha value is -3.24. The number of halogens is 1. The van der Waals surface area contributed by atoms with Crippen LogP contribution in [0.3, 0.4) is 0 Å². The molecule has 2 amide bonds. The number of methoxy groups -OCH3 is 1. The van der Waals surface area contributed by atoms with Crippen LogP contribution in [-0.2, 0) is 43.9 Å². The van der Waals surface area contributed by atoms with E-state index in [-0.39, 0.29) is 32.0 Å². The highest BCUT2D eigenvalue weighted by Crippen LogP contribution is 2.18. The van der Waals surface area contributed by atoms with E-state index in [0.29, 0.717) is 11.6 Å². The Bertz CT molecular complexity index is 1310. The van der Waals surface area contributed by atoms with Crippen molar-refractivity contribution in [3.63, 3.8) is 0 Å². The molecule has 1 N–H and O–H groups in total. The minimum absolute atomic E-state index is 0.0313. The van der Waals surface area contributed by atoms with Gasteiger partial charge in [-0.2, -0.15) is 4.31 Å². The molecule has 3 aromatic rings. The van der Waals surface area contributed by atoms with E-state index < -0.39 is 28.5 Å². The Morgan fingerprint density at radius 3 is 2.00 bits per heavy atom. The van der Waals surface area contributed by atoms with Gasteiger partial charge in [0, 0.05) is 38.2 Å². The second-order valence-corrected chi connectivity index (χ2v) is 11.6. The Labute approximate surface area is 235 Å². The lowest BCUT2D eigenvalue weighted by molar-refractivity contribution is -0.141. The fourth-order valence-corrected chi connectivity index (χ4v) is 4.91. The van der Waals surface area contributed by atoms with Crippen LogP contribution in [0.25, 0.3) is 0 Å². The molecule has 0 unspecified atom stereocenters. The van der Waals surface area contributed by atoms with E-state index in [2.05, 4.69) is 5.32 Å².